The number of aliphatic hydroxyl groups excluding tert-OH is 1. The molecule has 0 aromatic carbocycles. The summed E-state index contributed by atoms with van der Waals surface area (Å²) >= 11 is 0. The van der Waals surface area contributed by atoms with Crippen LogP contribution < -0.4 is 0 Å². The number of hydrogen-bond acceptors (Lipinski definition) is 2. The van der Waals surface area contributed by atoms with Crippen LogP contribution in [0.25, 0.3) is 0 Å². The van der Waals surface area contributed by atoms with Crippen molar-refractivity contribution >= 4 is 0 Å². The molecule has 0 aliphatic carbocycles. The van der Waals surface area contributed by atoms with Gasteiger partial charge in [-0.05, 0) is 31.6 Å². The maximum absolute atomic E-state index is 10.6. The summed E-state index contributed by atoms with van der Waals surface area (Å²) in [7, 11) is 0. The number of rotatable bonds is 2. The van der Waals surface area contributed by atoms with Crippen molar-refractivity contribution in [2.45, 2.75) is 74.0 Å². The predicted molar refractivity (Wildman–Crippen MR) is 69.3 cm³/mol. The van der Waals surface area contributed by atoms with Crippen LogP contribution in [0.3, 0.4) is 0 Å². The minimum atomic E-state index is -0.947. The molecule has 0 aromatic rings. The molecule has 0 rings (SSSR count). The second kappa shape index (κ2) is 3.99. The Hall–Kier alpha value is -0.0800. The minimum absolute atomic E-state index is 0.197. The first-order chi connectivity index (χ1) is 6.69. The van der Waals surface area contributed by atoms with Gasteiger partial charge in [0.2, 0.25) is 0 Å². The molecule has 0 heterocycles. The van der Waals surface area contributed by atoms with Crippen molar-refractivity contribution in [1.82, 2.24) is 0 Å². The lowest BCUT2D eigenvalue weighted by molar-refractivity contribution is -0.229. The summed E-state index contributed by atoms with van der Waals surface area (Å²) in [5.74, 6) is 0. The van der Waals surface area contributed by atoms with Gasteiger partial charge in [-0.3, -0.25) is 0 Å². The highest BCUT2D eigenvalue weighted by Gasteiger charge is 2.61. The lowest BCUT2D eigenvalue weighted by Gasteiger charge is -2.61. The molecule has 2 N–H and O–H groups in total. The van der Waals surface area contributed by atoms with Crippen LogP contribution in [0, 0.1) is 16.2 Å². The van der Waals surface area contributed by atoms with Crippen molar-refractivity contribution in [2.24, 2.45) is 16.2 Å². The van der Waals surface area contributed by atoms with Gasteiger partial charge < -0.3 is 10.2 Å². The van der Waals surface area contributed by atoms with Crippen LogP contribution in [0.1, 0.15) is 62.3 Å². The number of aliphatic hydroxyl groups is 2. The highest BCUT2D eigenvalue weighted by atomic mass is 16.3. The summed E-state index contributed by atoms with van der Waals surface area (Å²) in [6, 6.07) is 0. The zero-order valence-electron chi connectivity index (χ0n) is 12.5. The topological polar surface area (TPSA) is 40.5 Å². The molecule has 0 saturated carbocycles. The second-order valence-electron chi connectivity index (χ2n) is 7.54. The van der Waals surface area contributed by atoms with E-state index in [1.165, 1.54) is 0 Å². The molecule has 0 fully saturated rings. The summed E-state index contributed by atoms with van der Waals surface area (Å²) in [5.41, 5.74) is -1.92. The van der Waals surface area contributed by atoms with E-state index in [2.05, 4.69) is 41.5 Å². The van der Waals surface area contributed by atoms with E-state index in [1.54, 1.807) is 20.8 Å². The van der Waals surface area contributed by atoms with Crippen molar-refractivity contribution in [1.29, 1.82) is 0 Å². The van der Waals surface area contributed by atoms with Gasteiger partial charge in [0.1, 0.15) is 0 Å². The normalized spacial score (nSPS) is 17.4. The molecule has 0 aromatic heterocycles. The first kappa shape index (κ1) is 15.9. The molecular formula is C14H30O2. The molecule has 0 saturated heterocycles. The quantitative estimate of drug-likeness (QED) is 0.764. The second-order valence-corrected chi connectivity index (χ2v) is 7.54. The van der Waals surface area contributed by atoms with E-state index in [0.29, 0.717) is 0 Å². The van der Waals surface area contributed by atoms with Crippen LogP contribution in [-0.2, 0) is 0 Å². The molecule has 0 aliphatic rings. The van der Waals surface area contributed by atoms with Crippen molar-refractivity contribution in [3.05, 3.63) is 0 Å². The van der Waals surface area contributed by atoms with Gasteiger partial charge in [0.15, 0.2) is 0 Å². The zero-order valence-corrected chi connectivity index (χ0v) is 12.5. The molecule has 0 bridgehead atoms. The fourth-order valence-electron chi connectivity index (χ4n) is 4.72. The minimum Gasteiger partial charge on any atom is -0.393 e. The smallest absolute Gasteiger partial charge is 0.0682 e. The lowest BCUT2D eigenvalue weighted by atomic mass is 9.46. The van der Waals surface area contributed by atoms with Crippen LogP contribution in [0.15, 0.2) is 0 Å². The van der Waals surface area contributed by atoms with E-state index in [9.17, 15) is 10.2 Å². The van der Waals surface area contributed by atoms with Gasteiger partial charge in [0.25, 0.3) is 0 Å². The van der Waals surface area contributed by atoms with Crippen molar-refractivity contribution in [3.63, 3.8) is 0 Å². The lowest BCUT2D eigenvalue weighted by Crippen LogP contribution is -2.64. The molecule has 2 nitrogen and oxygen atoms in total. The molecule has 16 heavy (non-hydrogen) atoms. The standard InChI is InChI=1S/C14H30O2/c1-10(15)14(11(2,3)4,12(5,6)7)13(8,9)16/h10,15-16H,1-9H3. The average Bonchev–Trinajstić information content (AvgIpc) is 1.71. The van der Waals surface area contributed by atoms with Crippen LogP contribution in [0.5, 0.6) is 0 Å². The highest BCUT2D eigenvalue weighted by molar-refractivity contribution is 5.10. The van der Waals surface area contributed by atoms with Gasteiger partial charge in [-0.2, -0.15) is 0 Å². The molecule has 1 atom stereocenters. The summed E-state index contributed by atoms with van der Waals surface area (Å²) < 4.78 is 0. The van der Waals surface area contributed by atoms with Crippen molar-refractivity contribution in [2.75, 3.05) is 0 Å². The Kier molecular flexibility index (Phi) is 3.97. The maximum atomic E-state index is 10.6. The van der Waals surface area contributed by atoms with Crippen molar-refractivity contribution < 1.29 is 10.2 Å². The van der Waals surface area contributed by atoms with E-state index >= 15 is 0 Å². The zero-order chi connectivity index (χ0) is 13.6. The molecule has 0 radical (unpaired) electrons. The fourth-order valence-corrected chi connectivity index (χ4v) is 4.72. The Morgan fingerprint density at radius 1 is 0.750 bits per heavy atom. The molecular weight excluding hydrogens is 200 g/mol. The third kappa shape index (κ3) is 2.14. The van der Waals surface area contributed by atoms with E-state index in [0.717, 1.165) is 0 Å². The average molecular weight is 230 g/mol. The van der Waals surface area contributed by atoms with Gasteiger partial charge in [0.05, 0.1) is 11.7 Å². The van der Waals surface area contributed by atoms with Gasteiger partial charge in [-0.1, -0.05) is 41.5 Å². The van der Waals surface area contributed by atoms with Gasteiger partial charge >= 0.3 is 0 Å². The van der Waals surface area contributed by atoms with Gasteiger partial charge in [-0.15, -0.1) is 0 Å². The Balaban J connectivity index is 6.05. The summed E-state index contributed by atoms with van der Waals surface area (Å²) in [6.45, 7) is 17.9. The molecule has 0 aliphatic heterocycles. The largest absolute Gasteiger partial charge is 0.393 e. The molecule has 0 amide bonds. The summed E-state index contributed by atoms with van der Waals surface area (Å²) in [4.78, 5) is 0. The van der Waals surface area contributed by atoms with Crippen LogP contribution >= 0.6 is 0 Å². The molecule has 98 valence electrons. The summed E-state index contributed by atoms with van der Waals surface area (Å²) in [6.07, 6.45) is -0.576. The summed E-state index contributed by atoms with van der Waals surface area (Å²) in [5, 5.41) is 20.9. The molecule has 0 spiro atoms. The first-order valence-corrected chi connectivity index (χ1v) is 6.10. The Morgan fingerprint density at radius 2 is 1.00 bits per heavy atom. The van der Waals surface area contributed by atoms with Crippen LogP contribution in [-0.4, -0.2) is 21.9 Å². The molecule has 1 unspecified atom stereocenters. The predicted octanol–water partition coefficient (Wildman–Crippen LogP) is 3.22. The first-order valence-electron chi connectivity index (χ1n) is 6.10. The highest BCUT2D eigenvalue weighted by Crippen LogP contribution is 2.59. The van der Waals surface area contributed by atoms with Crippen molar-refractivity contribution in [3.8, 4) is 0 Å². The van der Waals surface area contributed by atoms with Crippen LogP contribution in [0.2, 0.25) is 0 Å². The maximum Gasteiger partial charge on any atom is 0.0682 e. The Morgan fingerprint density at radius 3 is 1.00 bits per heavy atom. The SMILES string of the molecule is CC(O)C(C(C)(C)C)(C(C)(C)C)C(C)(C)O. The van der Waals surface area contributed by atoms with E-state index in [4.69, 9.17) is 0 Å². The van der Waals surface area contributed by atoms with E-state index in [-0.39, 0.29) is 10.8 Å². The third-order valence-corrected chi connectivity index (χ3v) is 3.96. The Labute approximate surface area is 101 Å². The van der Waals surface area contributed by atoms with E-state index in [1.807, 2.05) is 0 Å². The molecule has 2 heteroatoms. The van der Waals surface area contributed by atoms with Gasteiger partial charge in [-0.25, -0.2) is 0 Å². The number of hydrogen-bond donors (Lipinski definition) is 2. The monoisotopic (exact) mass is 230 g/mol. The van der Waals surface area contributed by atoms with Gasteiger partial charge in [0, 0.05) is 5.41 Å². The van der Waals surface area contributed by atoms with E-state index < -0.39 is 17.1 Å². The van der Waals surface area contributed by atoms with Crippen LogP contribution in [0.4, 0.5) is 0 Å². The Bertz CT molecular complexity index is 197. The third-order valence-electron chi connectivity index (χ3n) is 3.96. The fraction of sp³-hybridized carbons (Fsp3) is 1.00.